The Hall–Kier alpha value is -2.12. The van der Waals surface area contributed by atoms with Crippen molar-refractivity contribution in [2.75, 3.05) is 18.0 Å². The van der Waals surface area contributed by atoms with Crippen LogP contribution in [0.2, 0.25) is 0 Å². The van der Waals surface area contributed by atoms with Crippen molar-refractivity contribution in [2.24, 2.45) is 11.0 Å². The molecule has 1 aliphatic rings. The van der Waals surface area contributed by atoms with E-state index in [9.17, 15) is 14.9 Å². The Labute approximate surface area is 122 Å². The molecule has 0 bridgehead atoms. The van der Waals surface area contributed by atoms with Crippen molar-refractivity contribution in [1.29, 1.82) is 0 Å². The molecule has 0 aliphatic carbocycles. The quantitative estimate of drug-likeness (QED) is 0.276. The van der Waals surface area contributed by atoms with Gasteiger partial charge in [0.2, 0.25) is 5.91 Å². The fourth-order valence-corrected chi connectivity index (χ4v) is 2.63. The van der Waals surface area contributed by atoms with Gasteiger partial charge < -0.3 is 4.90 Å². The summed E-state index contributed by atoms with van der Waals surface area (Å²) in [4.78, 5) is 26.4. The van der Waals surface area contributed by atoms with Crippen LogP contribution in [0.15, 0.2) is 27.8 Å². The summed E-state index contributed by atoms with van der Waals surface area (Å²) < 4.78 is 0.325. The molecule has 9 heteroatoms. The average molecular weight is 340 g/mol. The second-order valence-electron chi connectivity index (χ2n) is 4.38. The van der Waals surface area contributed by atoms with Gasteiger partial charge in [-0.1, -0.05) is 5.11 Å². The van der Waals surface area contributed by atoms with E-state index in [-0.39, 0.29) is 24.1 Å². The summed E-state index contributed by atoms with van der Waals surface area (Å²) in [7, 11) is 0. The highest BCUT2D eigenvalue weighted by atomic mass is 79.9. The first-order valence-corrected chi connectivity index (χ1v) is 6.57. The van der Waals surface area contributed by atoms with Gasteiger partial charge in [0.05, 0.1) is 9.40 Å². The Balaban J connectivity index is 2.20. The van der Waals surface area contributed by atoms with Crippen molar-refractivity contribution in [3.63, 3.8) is 0 Å². The molecular formula is C11H10BrN5O3. The number of carbonyl (C=O) groups excluding carboxylic acids is 1. The van der Waals surface area contributed by atoms with E-state index in [2.05, 4.69) is 26.0 Å². The molecule has 1 atom stereocenters. The van der Waals surface area contributed by atoms with Crippen LogP contribution in [0.25, 0.3) is 10.4 Å². The number of benzene rings is 1. The average Bonchev–Trinajstić information content (AvgIpc) is 2.77. The fraction of sp³-hybridized carbons (Fsp3) is 0.364. The highest BCUT2D eigenvalue weighted by molar-refractivity contribution is 9.10. The molecule has 1 heterocycles. The number of carbonyl (C=O) groups is 1. The zero-order valence-corrected chi connectivity index (χ0v) is 11.9. The third-order valence-corrected chi connectivity index (χ3v) is 3.68. The summed E-state index contributed by atoms with van der Waals surface area (Å²) in [6, 6.07) is 4.44. The van der Waals surface area contributed by atoms with Crippen molar-refractivity contribution < 1.29 is 9.72 Å². The summed E-state index contributed by atoms with van der Waals surface area (Å²) in [5.41, 5.74) is 8.83. The Kier molecular flexibility index (Phi) is 4.21. The van der Waals surface area contributed by atoms with Crippen molar-refractivity contribution in [3.05, 3.63) is 43.2 Å². The van der Waals surface area contributed by atoms with E-state index >= 15 is 0 Å². The van der Waals surface area contributed by atoms with Gasteiger partial charge in [0.1, 0.15) is 0 Å². The lowest BCUT2D eigenvalue weighted by Gasteiger charge is -2.16. The molecule has 1 aliphatic heterocycles. The molecular weight excluding hydrogens is 330 g/mol. The minimum Gasteiger partial charge on any atom is -0.312 e. The fourth-order valence-electron chi connectivity index (χ4n) is 2.12. The molecule has 1 fully saturated rings. The van der Waals surface area contributed by atoms with Gasteiger partial charge >= 0.3 is 0 Å². The predicted molar refractivity (Wildman–Crippen MR) is 75.3 cm³/mol. The van der Waals surface area contributed by atoms with Gasteiger partial charge in [-0.3, -0.25) is 14.9 Å². The Morgan fingerprint density at radius 3 is 2.95 bits per heavy atom. The second kappa shape index (κ2) is 5.89. The van der Waals surface area contributed by atoms with E-state index in [1.165, 1.54) is 12.1 Å². The van der Waals surface area contributed by atoms with Gasteiger partial charge in [-0.2, -0.15) is 0 Å². The molecule has 1 unspecified atom stereocenters. The predicted octanol–water partition coefficient (Wildman–Crippen LogP) is 3.02. The van der Waals surface area contributed by atoms with Crippen LogP contribution in [0.3, 0.4) is 0 Å². The molecule has 0 radical (unpaired) electrons. The zero-order chi connectivity index (χ0) is 14.7. The zero-order valence-electron chi connectivity index (χ0n) is 10.3. The van der Waals surface area contributed by atoms with Crippen LogP contribution < -0.4 is 4.90 Å². The Bertz CT molecular complexity index is 614. The van der Waals surface area contributed by atoms with Gasteiger partial charge in [-0.15, -0.1) is 0 Å². The molecule has 1 saturated heterocycles. The van der Waals surface area contributed by atoms with Gasteiger partial charge in [0.15, 0.2) is 0 Å². The number of nitrogens with zero attached hydrogens (tertiary/aromatic N) is 5. The molecule has 1 aromatic rings. The number of halogens is 1. The number of azide groups is 1. The number of amides is 1. The summed E-state index contributed by atoms with van der Waals surface area (Å²) in [5.74, 6) is -0.101. The first-order valence-electron chi connectivity index (χ1n) is 5.78. The minimum absolute atomic E-state index is 0.0210. The van der Waals surface area contributed by atoms with Gasteiger partial charge in [-0.05, 0) is 39.5 Å². The van der Waals surface area contributed by atoms with Crippen LogP contribution in [0.5, 0.6) is 0 Å². The molecule has 0 spiro atoms. The number of hydrogen-bond acceptors (Lipinski definition) is 4. The maximum Gasteiger partial charge on any atom is 0.283 e. The normalized spacial score (nSPS) is 17.9. The Morgan fingerprint density at radius 2 is 2.35 bits per heavy atom. The molecule has 20 heavy (non-hydrogen) atoms. The second-order valence-corrected chi connectivity index (χ2v) is 5.24. The topological polar surface area (TPSA) is 112 Å². The van der Waals surface area contributed by atoms with Crippen LogP contribution in [-0.4, -0.2) is 23.9 Å². The van der Waals surface area contributed by atoms with E-state index in [0.717, 1.165) is 0 Å². The van der Waals surface area contributed by atoms with Gasteiger partial charge in [0, 0.05) is 36.2 Å². The monoisotopic (exact) mass is 339 g/mol. The largest absolute Gasteiger partial charge is 0.312 e. The lowest BCUT2D eigenvalue weighted by Crippen LogP contribution is -2.24. The molecule has 1 aromatic carbocycles. The van der Waals surface area contributed by atoms with Crippen LogP contribution in [0, 0.1) is 16.0 Å². The molecule has 2 rings (SSSR count). The SMILES string of the molecule is [N-]=[N+]=NCC1CC(=O)N(c2ccc([N+](=O)[O-])c(Br)c2)C1. The smallest absolute Gasteiger partial charge is 0.283 e. The van der Waals surface area contributed by atoms with E-state index in [4.69, 9.17) is 5.53 Å². The molecule has 104 valence electrons. The van der Waals surface area contributed by atoms with Crippen LogP contribution in [0.1, 0.15) is 6.42 Å². The molecule has 1 amide bonds. The van der Waals surface area contributed by atoms with Crippen molar-refractivity contribution in [3.8, 4) is 0 Å². The molecule has 0 saturated carbocycles. The number of rotatable bonds is 4. The van der Waals surface area contributed by atoms with Crippen LogP contribution in [-0.2, 0) is 4.79 Å². The molecule has 0 N–H and O–H groups in total. The minimum atomic E-state index is -0.496. The number of nitro groups is 1. The number of anilines is 1. The third kappa shape index (κ3) is 2.89. The van der Waals surface area contributed by atoms with Crippen LogP contribution >= 0.6 is 15.9 Å². The highest BCUT2D eigenvalue weighted by Crippen LogP contribution is 2.32. The summed E-state index contributed by atoms with van der Waals surface area (Å²) >= 11 is 3.13. The lowest BCUT2D eigenvalue weighted by molar-refractivity contribution is -0.385. The van der Waals surface area contributed by atoms with E-state index in [0.29, 0.717) is 23.1 Å². The van der Waals surface area contributed by atoms with E-state index in [1.807, 2.05) is 0 Å². The van der Waals surface area contributed by atoms with Crippen molar-refractivity contribution in [2.45, 2.75) is 6.42 Å². The lowest BCUT2D eigenvalue weighted by atomic mass is 10.1. The summed E-state index contributed by atoms with van der Waals surface area (Å²) in [6.07, 6.45) is 0.313. The first kappa shape index (κ1) is 14.3. The maximum absolute atomic E-state index is 11.9. The summed E-state index contributed by atoms with van der Waals surface area (Å²) in [6.45, 7) is 0.717. The highest BCUT2D eigenvalue weighted by Gasteiger charge is 2.30. The van der Waals surface area contributed by atoms with Gasteiger partial charge in [0.25, 0.3) is 5.69 Å². The Morgan fingerprint density at radius 1 is 1.60 bits per heavy atom. The van der Waals surface area contributed by atoms with Gasteiger partial charge in [-0.25, -0.2) is 0 Å². The third-order valence-electron chi connectivity index (χ3n) is 3.05. The van der Waals surface area contributed by atoms with Crippen LogP contribution in [0.4, 0.5) is 11.4 Å². The molecule has 8 nitrogen and oxygen atoms in total. The number of nitro benzene ring substituents is 1. The van der Waals surface area contributed by atoms with Crippen molar-refractivity contribution in [1.82, 2.24) is 0 Å². The van der Waals surface area contributed by atoms with E-state index < -0.39 is 4.92 Å². The maximum atomic E-state index is 11.9. The first-order chi connectivity index (χ1) is 9.52. The number of hydrogen-bond donors (Lipinski definition) is 0. The molecule has 0 aromatic heterocycles. The van der Waals surface area contributed by atoms with Crippen molar-refractivity contribution >= 4 is 33.2 Å². The summed E-state index contributed by atoms with van der Waals surface area (Å²) in [5, 5.41) is 14.2. The standard InChI is InChI=1S/C11H10BrN5O3/c12-9-4-8(1-2-10(9)17(19)20)16-6-7(3-11(16)18)5-14-15-13/h1-2,4,7H,3,5-6H2. The van der Waals surface area contributed by atoms with E-state index in [1.54, 1.807) is 11.0 Å².